The van der Waals surface area contributed by atoms with Crippen LogP contribution in [-0.4, -0.2) is 15.9 Å². The predicted octanol–water partition coefficient (Wildman–Crippen LogP) is 6.60. The summed E-state index contributed by atoms with van der Waals surface area (Å²) in [7, 11) is 0. The topological polar surface area (TPSA) is 78.9 Å². The Kier molecular flexibility index (Phi) is 6.47. The fourth-order valence-corrected chi connectivity index (χ4v) is 3.33. The minimum absolute atomic E-state index is 0.156. The molecule has 0 saturated carbocycles. The normalized spacial score (nSPS) is 10.5. The molecule has 0 aliphatic heterocycles. The van der Waals surface area contributed by atoms with Gasteiger partial charge in [-0.2, -0.15) is 0 Å². The van der Waals surface area contributed by atoms with Crippen LogP contribution in [0.25, 0.3) is 0 Å². The van der Waals surface area contributed by atoms with Crippen LogP contribution >= 0.6 is 15.9 Å². The SMILES string of the molecule is Cc1ccc(Nc2cc(Nc3ccc(NC(=O)c4ccc(Br)cc4)cc3)nc(C)n2)cc1. The second-order valence-corrected chi connectivity index (χ2v) is 8.26. The lowest BCUT2D eigenvalue weighted by molar-refractivity contribution is 0.102. The molecule has 3 N–H and O–H groups in total. The maximum atomic E-state index is 12.4. The molecule has 0 atom stereocenters. The molecule has 6 nitrogen and oxygen atoms in total. The Bertz CT molecular complexity index is 1220. The van der Waals surface area contributed by atoms with Crippen LogP contribution in [-0.2, 0) is 0 Å². The zero-order chi connectivity index (χ0) is 22.5. The average Bonchev–Trinajstić information content (AvgIpc) is 2.77. The van der Waals surface area contributed by atoms with Crippen molar-refractivity contribution in [3.05, 3.63) is 100 Å². The molecule has 4 rings (SSSR count). The van der Waals surface area contributed by atoms with Crippen molar-refractivity contribution in [1.82, 2.24) is 9.97 Å². The van der Waals surface area contributed by atoms with Gasteiger partial charge in [-0.05, 0) is 74.5 Å². The number of rotatable bonds is 6. The standard InChI is InChI=1S/C25H22BrN5O/c1-16-3-9-20(10-4-16)29-23-15-24(28-17(2)27-23)30-21-11-13-22(14-12-21)31-25(32)18-5-7-19(26)8-6-18/h3-15H,1-2H3,(H,31,32)(H2,27,28,29,30). The van der Waals surface area contributed by atoms with Crippen LogP contribution in [0, 0.1) is 13.8 Å². The largest absolute Gasteiger partial charge is 0.340 e. The molecule has 0 aliphatic carbocycles. The molecule has 4 aromatic rings. The third kappa shape index (κ3) is 5.70. The van der Waals surface area contributed by atoms with Crippen molar-refractivity contribution < 1.29 is 4.79 Å². The lowest BCUT2D eigenvalue weighted by Crippen LogP contribution is -2.11. The van der Waals surface area contributed by atoms with Gasteiger partial charge >= 0.3 is 0 Å². The molecule has 1 heterocycles. The summed E-state index contributed by atoms with van der Waals surface area (Å²) in [5, 5.41) is 9.50. The van der Waals surface area contributed by atoms with Gasteiger partial charge in [0.2, 0.25) is 0 Å². The van der Waals surface area contributed by atoms with E-state index in [0.717, 1.165) is 15.8 Å². The molecule has 0 saturated heterocycles. The monoisotopic (exact) mass is 487 g/mol. The van der Waals surface area contributed by atoms with Crippen molar-refractivity contribution in [2.24, 2.45) is 0 Å². The quantitative estimate of drug-likeness (QED) is 0.285. The van der Waals surface area contributed by atoms with Crippen molar-refractivity contribution in [2.75, 3.05) is 16.0 Å². The van der Waals surface area contributed by atoms with Crippen LogP contribution in [0.2, 0.25) is 0 Å². The number of nitrogens with zero attached hydrogens (tertiary/aromatic N) is 2. The first kappa shape index (κ1) is 21.5. The third-order valence-electron chi connectivity index (χ3n) is 4.68. The van der Waals surface area contributed by atoms with E-state index < -0.39 is 0 Å². The summed E-state index contributed by atoms with van der Waals surface area (Å²) in [4.78, 5) is 21.3. The minimum Gasteiger partial charge on any atom is -0.340 e. The minimum atomic E-state index is -0.156. The average molecular weight is 488 g/mol. The first-order chi connectivity index (χ1) is 15.4. The van der Waals surface area contributed by atoms with Crippen molar-refractivity contribution >= 4 is 50.5 Å². The Morgan fingerprint density at radius 1 is 0.719 bits per heavy atom. The number of hydrogen-bond acceptors (Lipinski definition) is 5. The number of carbonyl (C=O) groups excluding carboxylic acids is 1. The van der Waals surface area contributed by atoms with Gasteiger partial charge in [-0.1, -0.05) is 33.6 Å². The fourth-order valence-electron chi connectivity index (χ4n) is 3.07. The highest BCUT2D eigenvalue weighted by Crippen LogP contribution is 2.22. The van der Waals surface area contributed by atoms with Crippen molar-refractivity contribution in [2.45, 2.75) is 13.8 Å². The lowest BCUT2D eigenvalue weighted by Gasteiger charge is -2.11. The van der Waals surface area contributed by atoms with Gasteiger partial charge in [0.05, 0.1) is 0 Å². The second kappa shape index (κ2) is 9.62. The van der Waals surface area contributed by atoms with Gasteiger partial charge < -0.3 is 16.0 Å². The maximum Gasteiger partial charge on any atom is 0.255 e. The summed E-state index contributed by atoms with van der Waals surface area (Å²) in [6.45, 7) is 3.91. The maximum absolute atomic E-state index is 12.4. The summed E-state index contributed by atoms with van der Waals surface area (Å²) in [6.07, 6.45) is 0. The van der Waals surface area contributed by atoms with Gasteiger partial charge in [0.1, 0.15) is 17.5 Å². The van der Waals surface area contributed by atoms with Crippen LogP contribution in [0.4, 0.5) is 28.7 Å². The zero-order valence-corrected chi connectivity index (χ0v) is 19.3. The number of anilines is 5. The van der Waals surface area contributed by atoms with E-state index in [9.17, 15) is 4.79 Å². The van der Waals surface area contributed by atoms with Gasteiger partial charge in [0.15, 0.2) is 0 Å². The number of carbonyl (C=O) groups is 1. The fraction of sp³-hybridized carbons (Fsp3) is 0.0800. The van der Waals surface area contributed by atoms with Crippen LogP contribution in [0.1, 0.15) is 21.7 Å². The molecule has 32 heavy (non-hydrogen) atoms. The predicted molar refractivity (Wildman–Crippen MR) is 133 cm³/mol. The van der Waals surface area contributed by atoms with Crippen LogP contribution < -0.4 is 16.0 Å². The Hall–Kier alpha value is -3.71. The summed E-state index contributed by atoms with van der Waals surface area (Å²) in [5.74, 6) is 1.89. The molecule has 0 radical (unpaired) electrons. The van der Waals surface area contributed by atoms with E-state index in [4.69, 9.17) is 0 Å². The Morgan fingerprint density at radius 2 is 1.22 bits per heavy atom. The van der Waals surface area contributed by atoms with E-state index in [2.05, 4.69) is 48.8 Å². The lowest BCUT2D eigenvalue weighted by atomic mass is 10.2. The Labute approximate surface area is 195 Å². The molecule has 0 fully saturated rings. The molecule has 0 aliphatic rings. The van der Waals surface area contributed by atoms with E-state index in [-0.39, 0.29) is 5.91 Å². The summed E-state index contributed by atoms with van der Waals surface area (Å²) >= 11 is 3.37. The molecule has 0 unspecified atom stereocenters. The number of aromatic nitrogens is 2. The summed E-state index contributed by atoms with van der Waals surface area (Å²) < 4.78 is 0.932. The van der Waals surface area contributed by atoms with Crippen LogP contribution in [0.15, 0.2) is 83.3 Å². The summed E-state index contributed by atoms with van der Waals surface area (Å²) in [6, 6.07) is 24.7. The van der Waals surface area contributed by atoms with E-state index in [1.165, 1.54) is 5.56 Å². The molecule has 0 spiro atoms. The highest BCUT2D eigenvalue weighted by atomic mass is 79.9. The molecule has 0 bridgehead atoms. The van der Waals surface area contributed by atoms with Gasteiger partial charge in [0, 0.05) is 33.2 Å². The Morgan fingerprint density at radius 3 is 1.78 bits per heavy atom. The number of aryl methyl sites for hydroxylation is 2. The van der Waals surface area contributed by atoms with Gasteiger partial charge in [0.25, 0.3) is 5.91 Å². The van der Waals surface area contributed by atoms with Crippen molar-refractivity contribution in [3.63, 3.8) is 0 Å². The molecular weight excluding hydrogens is 466 g/mol. The molecule has 7 heteroatoms. The summed E-state index contributed by atoms with van der Waals surface area (Å²) in [5.41, 5.74) is 4.33. The number of benzene rings is 3. The number of hydrogen-bond donors (Lipinski definition) is 3. The molecule has 1 aromatic heterocycles. The first-order valence-corrected chi connectivity index (χ1v) is 10.9. The Balaban J connectivity index is 1.42. The van der Waals surface area contributed by atoms with Crippen molar-refractivity contribution in [3.8, 4) is 0 Å². The highest BCUT2D eigenvalue weighted by Gasteiger charge is 2.07. The van der Waals surface area contributed by atoms with E-state index in [1.807, 2.05) is 73.7 Å². The number of nitrogens with one attached hydrogen (secondary N) is 3. The van der Waals surface area contributed by atoms with E-state index in [1.54, 1.807) is 12.1 Å². The first-order valence-electron chi connectivity index (χ1n) is 10.1. The van der Waals surface area contributed by atoms with Gasteiger partial charge in [-0.15, -0.1) is 0 Å². The van der Waals surface area contributed by atoms with Gasteiger partial charge in [-0.3, -0.25) is 4.79 Å². The van der Waals surface area contributed by atoms with Crippen LogP contribution in [0.3, 0.4) is 0 Å². The van der Waals surface area contributed by atoms with Crippen LogP contribution in [0.5, 0.6) is 0 Å². The number of amides is 1. The van der Waals surface area contributed by atoms with E-state index >= 15 is 0 Å². The molecule has 3 aromatic carbocycles. The number of halogens is 1. The molecule has 1 amide bonds. The van der Waals surface area contributed by atoms with E-state index in [0.29, 0.717) is 28.7 Å². The zero-order valence-electron chi connectivity index (χ0n) is 17.7. The molecular formula is C25H22BrN5O. The third-order valence-corrected chi connectivity index (χ3v) is 5.21. The molecule has 160 valence electrons. The van der Waals surface area contributed by atoms with Crippen molar-refractivity contribution in [1.29, 1.82) is 0 Å². The van der Waals surface area contributed by atoms with Gasteiger partial charge in [-0.25, -0.2) is 9.97 Å². The second-order valence-electron chi connectivity index (χ2n) is 7.34. The smallest absolute Gasteiger partial charge is 0.255 e. The highest BCUT2D eigenvalue weighted by molar-refractivity contribution is 9.10.